The van der Waals surface area contributed by atoms with Gasteiger partial charge in [-0.1, -0.05) is 24.3 Å². The smallest absolute Gasteiger partial charge is 0.225 e. The second-order valence-corrected chi connectivity index (χ2v) is 5.85. The number of anilines is 1. The molecule has 1 aromatic heterocycles. The Morgan fingerprint density at radius 3 is 2.46 bits per heavy atom. The fraction of sp³-hybridized carbons (Fsp3) is 0.389. The fourth-order valence-electron chi connectivity index (χ4n) is 2.89. The highest BCUT2D eigenvalue weighted by molar-refractivity contribution is 5.80. The lowest BCUT2D eigenvalue weighted by molar-refractivity contribution is 0.370. The van der Waals surface area contributed by atoms with E-state index in [0.717, 1.165) is 44.6 Å². The van der Waals surface area contributed by atoms with Crippen LogP contribution in [0.3, 0.4) is 0 Å². The maximum atomic E-state index is 4.44. The first-order chi connectivity index (χ1) is 11.8. The van der Waals surface area contributed by atoms with Gasteiger partial charge in [0, 0.05) is 52.2 Å². The monoisotopic (exact) mass is 324 g/mol. The van der Waals surface area contributed by atoms with Crippen LogP contribution in [0, 0.1) is 6.92 Å². The summed E-state index contributed by atoms with van der Waals surface area (Å²) in [5.41, 5.74) is 2.60. The minimum atomic E-state index is 0.793. The molecule has 2 aromatic rings. The highest BCUT2D eigenvalue weighted by atomic mass is 15.4. The molecule has 1 N–H and O–H groups in total. The molecule has 1 aliphatic heterocycles. The maximum absolute atomic E-state index is 4.44. The van der Waals surface area contributed by atoms with E-state index >= 15 is 0 Å². The second-order valence-electron chi connectivity index (χ2n) is 5.85. The molecular formula is C18H24N6. The zero-order valence-electron chi connectivity index (χ0n) is 14.3. The van der Waals surface area contributed by atoms with E-state index in [9.17, 15) is 0 Å². The van der Waals surface area contributed by atoms with Crippen LogP contribution in [0.5, 0.6) is 0 Å². The Labute approximate surface area is 143 Å². The summed E-state index contributed by atoms with van der Waals surface area (Å²) in [6, 6.07) is 10.3. The van der Waals surface area contributed by atoms with Crippen molar-refractivity contribution in [1.29, 1.82) is 0 Å². The molecule has 0 atom stereocenters. The summed E-state index contributed by atoms with van der Waals surface area (Å²) in [4.78, 5) is 17.6. The third kappa shape index (κ3) is 3.82. The van der Waals surface area contributed by atoms with Crippen molar-refractivity contribution in [2.45, 2.75) is 13.5 Å². The van der Waals surface area contributed by atoms with Gasteiger partial charge in [-0.15, -0.1) is 0 Å². The highest BCUT2D eigenvalue weighted by Gasteiger charge is 2.20. The Morgan fingerprint density at radius 2 is 1.79 bits per heavy atom. The summed E-state index contributed by atoms with van der Waals surface area (Å²) in [7, 11) is 1.84. The summed E-state index contributed by atoms with van der Waals surface area (Å²) in [5, 5.41) is 3.48. The van der Waals surface area contributed by atoms with Gasteiger partial charge in [-0.2, -0.15) is 0 Å². The number of guanidine groups is 1. The summed E-state index contributed by atoms with van der Waals surface area (Å²) in [6.07, 6.45) is 3.58. The van der Waals surface area contributed by atoms with E-state index in [0.29, 0.717) is 0 Å². The lowest BCUT2D eigenvalue weighted by atomic mass is 10.1. The van der Waals surface area contributed by atoms with Crippen LogP contribution in [0.25, 0.3) is 0 Å². The maximum Gasteiger partial charge on any atom is 0.225 e. The minimum Gasteiger partial charge on any atom is -0.352 e. The lowest BCUT2D eigenvalue weighted by Gasteiger charge is -2.36. The van der Waals surface area contributed by atoms with E-state index in [4.69, 9.17) is 0 Å². The average Bonchev–Trinajstić information content (AvgIpc) is 2.65. The largest absolute Gasteiger partial charge is 0.352 e. The van der Waals surface area contributed by atoms with Gasteiger partial charge in [0.1, 0.15) is 0 Å². The number of hydrogen-bond donors (Lipinski definition) is 1. The van der Waals surface area contributed by atoms with Crippen molar-refractivity contribution in [3.63, 3.8) is 0 Å². The van der Waals surface area contributed by atoms with Gasteiger partial charge in [0.2, 0.25) is 5.95 Å². The van der Waals surface area contributed by atoms with Crippen LogP contribution < -0.4 is 10.2 Å². The minimum absolute atomic E-state index is 0.793. The third-order valence-corrected chi connectivity index (χ3v) is 4.32. The first-order valence-corrected chi connectivity index (χ1v) is 8.30. The molecule has 0 unspecified atom stereocenters. The zero-order chi connectivity index (χ0) is 16.8. The van der Waals surface area contributed by atoms with Gasteiger partial charge in [-0.25, -0.2) is 9.97 Å². The number of hydrogen-bond acceptors (Lipinski definition) is 4. The summed E-state index contributed by atoms with van der Waals surface area (Å²) >= 11 is 0. The van der Waals surface area contributed by atoms with E-state index in [1.807, 2.05) is 13.1 Å². The van der Waals surface area contributed by atoms with Crippen molar-refractivity contribution in [2.75, 3.05) is 38.1 Å². The molecule has 1 aromatic carbocycles. The van der Waals surface area contributed by atoms with E-state index in [1.54, 1.807) is 12.4 Å². The van der Waals surface area contributed by atoms with E-state index < -0.39 is 0 Å². The quantitative estimate of drug-likeness (QED) is 0.688. The number of benzene rings is 1. The van der Waals surface area contributed by atoms with Crippen LogP contribution in [0.1, 0.15) is 11.1 Å². The van der Waals surface area contributed by atoms with Gasteiger partial charge in [-0.3, -0.25) is 4.99 Å². The van der Waals surface area contributed by atoms with Gasteiger partial charge >= 0.3 is 0 Å². The number of aryl methyl sites for hydroxylation is 1. The molecule has 0 aliphatic carbocycles. The molecule has 0 spiro atoms. The molecule has 126 valence electrons. The van der Waals surface area contributed by atoms with Crippen molar-refractivity contribution >= 4 is 11.9 Å². The Bertz CT molecular complexity index is 677. The topological polar surface area (TPSA) is 56.7 Å². The molecule has 1 saturated heterocycles. The van der Waals surface area contributed by atoms with Crippen molar-refractivity contribution in [3.8, 4) is 0 Å². The van der Waals surface area contributed by atoms with Crippen LogP contribution in [0.15, 0.2) is 47.7 Å². The van der Waals surface area contributed by atoms with Crippen molar-refractivity contribution in [2.24, 2.45) is 4.99 Å². The number of piperazine rings is 1. The fourth-order valence-corrected chi connectivity index (χ4v) is 2.89. The predicted molar refractivity (Wildman–Crippen MR) is 97.2 cm³/mol. The van der Waals surface area contributed by atoms with Gasteiger partial charge < -0.3 is 15.1 Å². The van der Waals surface area contributed by atoms with Crippen LogP contribution in [-0.4, -0.2) is 54.1 Å². The number of aromatic nitrogens is 2. The Morgan fingerprint density at radius 1 is 1.08 bits per heavy atom. The van der Waals surface area contributed by atoms with Gasteiger partial charge in [0.05, 0.1) is 0 Å². The lowest BCUT2D eigenvalue weighted by Crippen LogP contribution is -2.52. The molecule has 1 fully saturated rings. The molecule has 0 saturated carbocycles. The van der Waals surface area contributed by atoms with Gasteiger partial charge in [-0.05, 0) is 24.1 Å². The molecule has 1 aliphatic rings. The standard InChI is InChI=1S/C18H24N6/c1-15-6-3-4-7-16(15)14-22-17(19-2)23-10-12-24(13-11-23)18-20-8-5-9-21-18/h3-9H,10-14H2,1-2H3,(H,19,22). The first-order valence-electron chi connectivity index (χ1n) is 8.30. The molecule has 24 heavy (non-hydrogen) atoms. The van der Waals surface area contributed by atoms with Crippen molar-refractivity contribution in [1.82, 2.24) is 20.2 Å². The molecule has 3 rings (SSSR count). The Kier molecular flexibility index (Phi) is 5.25. The van der Waals surface area contributed by atoms with Crippen molar-refractivity contribution in [3.05, 3.63) is 53.9 Å². The zero-order valence-corrected chi connectivity index (χ0v) is 14.3. The SMILES string of the molecule is CN=C(NCc1ccccc1C)N1CCN(c2ncccn2)CC1. The molecule has 0 radical (unpaired) electrons. The van der Waals surface area contributed by atoms with Gasteiger partial charge in [0.25, 0.3) is 0 Å². The predicted octanol–water partition coefficient (Wildman–Crippen LogP) is 1.68. The normalized spacial score (nSPS) is 15.5. The van der Waals surface area contributed by atoms with Crippen LogP contribution in [-0.2, 0) is 6.54 Å². The molecule has 0 amide bonds. The number of rotatable bonds is 3. The summed E-state index contributed by atoms with van der Waals surface area (Å²) in [5.74, 6) is 1.76. The molecular weight excluding hydrogens is 300 g/mol. The van der Waals surface area contributed by atoms with Crippen molar-refractivity contribution < 1.29 is 0 Å². The summed E-state index contributed by atoms with van der Waals surface area (Å²) in [6.45, 7) is 6.54. The Hall–Kier alpha value is -2.63. The second kappa shape index (κ2) is 7.77. The summed E-state index contributed by atoms with van der Waals surface area (Å²) < 4.78 is 0. The first kappa shape index (κ1) is 16.2. The van der Waals surface area contributed by atoms with E-state index in [1.165, 1.54) is 11.1 Å². The van der Waals surface area contributed by atoms with Crippen LogP contribution in [0.4, 0.5) is 5.95 Å². The molecule has 6 heteroatoms. The highest BCUT2D eigenvalue weighted by Crippen LogP contribution is 2.10. The van der Waals surface area contributed by atoms with Crippen LogP contribution >= 0.6 is 0 Å². The van der Waals surface area contributed by atoms with E-state index in [-0.39, 0.29) is 0 Å². The third-order valence-electron chi connectivity index (χ3n) is 4.32. The number of nitrogens with one attached hydrogen (secondary N) is 1. The molecule has 0 bridgehead atoms. The van der Waals surface area contributed by atoms with Crippen LogP contribution in [0.2, 0.25) is 0 Å². The van der Waals surface area contributed by atoms with Gasteiger partial charge in [0.15, 0.2) is 5.96 Å². The number of nitrogens with zero attached hydrogens (tertiary/aromatic N) is 5. The number of aliphatic imine (C=N–C) groups is 1. The average molecular weight is 324 g/mol. The molecule has 6 nitrogen and oxygen atoms in total. The Balaban J connectivity index is 1.55. The van der Waals surface area contributed by atoms with E-state index in [2.05, 4.69) is 61.3 Å². The molecule has 2 heterocycles.